The van der Waals surface area contributed by atoms with Gasteiger partial charge in [0.2, 0.25) is 5.91 Å². The first-order valence-electron chi connectivity index (χ1n) is 7.16. The van der Waals surface area contributed by atoms with E-state index in [4.69, 9.17) is 0 Å². The van der Waals surface area contributed by atoms with Gasteiger partial charge in [0.15, 0.2) is 0 Å². The summed E-state index contributed by atoms with van der Waals surface area (Å²) in [5.74, 6) is 0.213. The van der Waals surface area contributed by atoms with Gasteiger partial charge < -0.3 is 4.90 Å². The Morgan fingerprint density at radius 1 is 1.47 bits per heavy atom. The van der Waals surface area contributed by atoms with Crippen LogP contribution in [0.1, 0.15) is 45.1 Å². The van der Waals surface area contributed by atoms with Crippen LogP contribution in [-0.2, 0) is 10.2 Å². The van der Waals surface area contributed by atoms with Crippen molar-refractivity contribution in [1.29, 1.82) is 0 Å². The van der Waals surface area contributed by atoms with Crippen molar-refractivity contribution in [3.63, 3.8) is 0 Å². The van der Waals surface area contributed by atoms with Crippen molar-refractivity contribution < 1.29 is 9.18 Å². The molecule has 1 aromatic rings. The van der Waals surface area contributed by atoms with Crippen LogP contribution in [0.5, 0.6) is 0 Å². The van der Waals surface area contributed by atoms with E-state index in [0.29, 0.717) is 6.54 Å². The number of fused-ring (bicyclic) bond motifs is 1. The molecule has 0 radical (unpaired) electrons. The van der Waals surface area contributed by atoms with Gasteiger partial charge >= 0.3 is 0 Å². The summed E-state index contributed by atoms with van der Waals surface area (Å²) in [7, 11) is 0. The Hall–Kier alpha value is -1.38. The number of rotatable bonds is 2. The number of hydrogen-bond donors (Lipinski definition) is 0. The second-order valence-corrected chi connectivity index (χ2v) is 6.13. The van der Waals surface area contributed by atoms with Gasteiger partial charge in [-0.1, -0.05) is 20.3 Å². The molecule has 3 heteroatoms. The lowest BCUT2D eigenvalue weighted by Crippen LogP contribution is -2.40. The van der Waals surface area contributed by atoms with Crippen LogP contribution in [0.3, 0.4) is 0 Å². The van der Waals surface area contributed by atoms with Crippen LogP contribution in [0.4, 0.5) is 10.1 Å². The predicted octanol–water partition coefficient (Wildman–Crippen LogP) is 3.64. The first kappa shape index (κ1) is 12.6. The fourth-order valence-electron chi connectivity index (χ4n) is 3.12. The van der Waals surface area contributed by atoms with Gasteiger partial charge in [0.25, 0.3) is 0 Å². The Kier molecular flexibility index (Phi) is 2.88. The van der Waals surface area contributed by atoms with Gasteiger partial charge in [-0.3, -0.25) is 4.79 Å². The summed E-state index contributed by atoms with van der Waals surface area (Å²) < 4.78 is 13.5. The Bertz CT molecular complexity index is 523. The van der Waals surface area contributed by atoms with Crippen LogP contribution < -0.4 is 4.90 Å². The van der Waals surface area contributed by atoms with E-state index in [0.717, 1.165) is 36.9 Å². The summed E-state index contributed by atoms with van der Waals surface area (Å²) in [6.07, 6.45) is 4.09. The normalized spacial score (nSPS) is 26.2. The van der Waals surface area contributed by atoms with Gasteiger partial charge in [-0.25, -0.2) is 4.39 Å². The molecule has 0 aromatic heterocycles. The number of carbonyl (C=O) groups excluding carboxylic acids is 1. The van der Waals surface area contributed by atoms with Crippen LogP contribution in [0.2, 0.25) is 0 Å². The first-order valence-corrected chi connectivity index (χ1v) is 7.16. The fourth-order valence-corrected chi connectivity index (χ4v) is 3.12. The number of anilines is 1. The molecule has 1 aliphatic heterocycles. The average Bonchev–Trinajstić information content (AvgIpc) is 2.62. The molecule has 0 spiro atoms. The molecule has 102 valence electrons. The molecule has 3 rings (SSSR count). The summed E-state index contributed by atoms with van der Waals surface area (Å²) in [4.78, 5) is 14.4. The maximum atomic E-state index is 13.5. The highest BCUT2D eigenvalue weighted by molar-refractivity contribution is 5.98. The van der Waals surface area contributed by atoms with E-state index in [1.54, 1.807) is 12.1 Å². The van der Waals surface area contributed by atoms with Gasteiger partial charge in [-0.05, 0) is 43.0 Å². The van der Waals surface area contributed by atoms with Crippen LogP contribution >= 0.6 is 0 Å². The Labute approximate surface area is 113 Å². The van der Waals surface area contributed by atoms with E-state index < -0.39 is 0 Å². The maximum absolute atomic E-state index is 13.5. The molecule has 1 unspecified atom stereocenters. The maximum Gasteiger partial charge on any atom is 0.230 e. The van der Waals surface area contributed by atoms with E-state index >= 15 is 0 Å². The molecular weight excluding hydrogens is 241 g/mol. The fraction of sp³-hybridized carbons (Fsp3) is 0.562. The van der Waals surface area contributed by atoms with Crippen molar-refractivity contribution in [2.75, 3.05) is 11.4 Å². The topological polar surface area (TPSA) is 20.3 Å². The van der Waals surface area contributed by atoms with Gasteiger partial charge in [0.05, 0.1) is 0 Å². The summed E-state index contributed by atoms with van der Waals surface area (Å²) in [5, 5.41) is 0. The zero-order valence-corrected chi connectivity index (χ0v) is 11.6. The van der Waals surface area contributed by atoms with Crippen molar-refractivity contribution in [1.82, 2.24) is 0 Å². The zero-order valence-electron chi connectivity index (χ0n) is 11.6. The highest BCUT2D eigenvalue weighted by Crippen LogP contribution is 2.44. The molecule has 1 aliphatic carbocycles. The Morgan fingerprint density at radius 2 is 2.21 bits per heavy atom. The predicted molar refractivity (Wildman–Crippen MR) is 73.7 cm³/mol. The minimum atomic E-state index is -0.212. The van der Waals surface area contributed by atoms with E-state index in [1.165, 1.54) is 6.07 Å². The van der Waals surface area contributed by atoms with Crippen molar-refractivity contribution in [2.45, 2.75) is 44.9 Å². The first-order chi connectivity index (χ1) is 9.05. The van der Waals surface area contributed by atoms with Crippen molar-refractivity contribution in [3.05, 3.63) is 29.6 Å². The standard InChI is InChI=1S/C16H20FNO/c1-3-16(2)10-18(15(19)11-5-4-6-11)14-8-7-12(17)9-13(14)16/h7-9,11H,3-6,10H2,1-2H3. The molecule has 1 amide bonds. The van der Waals surface area contributed by atoms with E-state index in [-0.39, 0.29) is 23.1 Å². The molecule has 0 saturated heterocycles. The van der Waals surface area contributed by atoms with Crippen LogP contribution in [0.25, 0.3) is 0 Å². The monoisotopic (exact) mass is 261 g/mol. The number of hydrogen-bond acceptors (Lipinski definition) is 1. The third-order valence-corrected chi connectivity index (χ3v) is 4.91. The quantitative estimate of drug-likeness (QED) is 0.796. The van der Waals surface area contributed by atoms with Crippen molar-refractivity contribution in [2.24, 2.45) is 5.92 Å². The van der Waals surface area contributed by atoms with E-state index in [9.17, 15) is 9.18 Å². The lowest BCUT2D eigenvalue weighted by Gasteiger charge is -2.30. The summed E-state index contributed by atoms with van der Waals surface area (Å²) in [6, 6.07) is 4.83. The SMILES string of the molecule is CCC1(C)CN(C(=O)C2CCC2)c2ccc(F)cc21. The molecule has 0 N–H and O–H groups in total. The number of carbonyl (C=O) groups is 1. The molecule has 19 heavy (non-hydrogen) atoms. The third-order valence-electron chi connectivity index (χ3n) is 4.91. The minimum Gasteiger partial charge on any atom is -0.311 e. The van der Waals surface area contributed by atoms with Gasteiger partial charge in [-0.2, -0.15) is 0 Å². The summed E-state index contributed by atoms with van der Waals surface area (Å²) in [6.45, 7) is 4.92. The molecule has 1 fully saturated rings. The second kappa shape index (κ2) is 4.32. The van der Waals surface area contributed by atoms with Gasteiger partial charge in [-0.15, -0.1) is 0 Å². The van der Waals surface area contributed by atoms with E-state index in [1.807, 2.05) is 4.90 Å². The number of amides is 1. The lowest BCUT2D eigenvalue weighted by atomic mass is 9.82. The molecule has 2 aliphatic rings. The second-order valence-electron chi connectivity index (χ2n) is 6.13. The van der Waals surface area contributed by atoms with Crippen molar-refractivity contribution in [3.8, 4) is 0 Å². The van der Waals surface area contributed by atoms with Crippen molar-refractivity contribution >= 4 is 11.6 Å². The van der Waals surface area contributed by atoms with Crippen LogP contribution in [0.15, 0.2) is 18.2 Å². The molecule has 1 saturated carbocycles. The van der Waals surface area contributed by atoms with Crippen LogP contribution in [0, 0.1) is 11.7 Å². The number of nitrogens with zero attached hydrogens (tertiary/aromatic N) is 1. The molecule has 0 bridgehead atoms. The Balaban J connectivity index is 2.00. The zero-order chi connectivity index (χ0) is 13.6. The highest BCUT2D eigenvalue weighted by Gasteiger charge is 2.42. The minimum absolute atomic E-state index is 0.114. The Morgan fingerprint density at radius 3 is 2.79 bits per heavy atom. The summed E-state index contributed by atoms with van der Waals surface area (Å²) >= 11 is 0. The summed E-state index contributed by atoms with van der Waals surface area (Å²) in [5.41, 5.74) is 1.79. The van der Waals surface area contributed by atoms with Gasteiger partial charge in [0, 0.05) is 23.6 Å². The van der Waals surface area contributed by atoms with Gasteiger partial charge in [0.1, 0.15) is 5.82 Å². The molecule has 1 heterocycles. The third kappa shape index (κ3) is 1.87. The number of halogens is 1. The number of benzene rings is 1. The average molecular weight is 261 g/mol. The highest BCUT2D eigenvalue weighted by atomic mass is 19.1. The van der Waals surface area contributed by atoms with Crippen LogP contribution in [-0.4, -0.2) is 12.5 Å². The smallest absolute Gasteiger partial charge is 0.230 e. The van der Waals surface area contributed by atoms with E-state index in [2.05, 4.69) is 13.8 Å². The molecule has 1 aromatic carbocycles. The molecular formula is C16H20FNO. The largest absolute Gasteiger partial charge is 0.311 e. The molecule has 1 atom stereocenters. The lowest BCUT2D eigenvalue weighted by molar-refractivity contribution is -0.124. The molecule has 2 nitrogen and oxygen atoms in total.